The number of hydrogen-bond donors (Lipinski definition) is 0. The predicted molar refractivity (Wildman–Crippen MR) is 91.9 cm³/mol. The summed E-state index contributed by atoms with van der Waals surface area (Å²) in [6.45, 7) is 3.85. The monoisotopic (exact) mass is 350 g/mol. The molecule has 1 aliphatic rings. The topological polar surface area (TPSA) is 66.9 Å². The summed E-state index contributed by atoms with van der Waals surface area (Å²) in [5.41, 5.74) is 0.186. The Kier molecular flexibility index (Phi) is 5.13. The van der Waals surface area contributed by atoms with Gasteiger partial charge in [0.1, 0.15) is 0 Å². The Morgan fingerprint density at radius 2 is 2.00 bits per heavy atom. The van der Waals surface area contributed by atoms with E-state index in [1.807, 2.05) is 13.8 Å². The smallest absolute Gasteiger partial charge is 0.245 e. The maximum atomic E-state index is 11.6. The van der Waals surface area contributed by atoms with E-state index in [0.717, 1.165) is 0 Å². The van der Waals surface area contributed by atoms with E-state index in [0.29, 0.717) is 33.2 Å². The lowest BCUT2D eigenvalue weighted by atomic mass is 9.77. The molecule has 0 heterocycles. The van der Waals surface area contributed by atoms with Crippen LogP contribution in [0.3, 0.4) is 0 Å². The van der Waals surface area contributed by atoms with Crippen LogP contribution in [0.25, 0.3) is 5.57 Å². The molecule has 0 saturated carbocycles. The lowest BCUT2D eigenvalue weighted by molar-refractivity contribution is -0.557. The summed E-state index contributed by atoms with van der Waals surface area (Å²) >= 11 is 12.4. The van der Waals surface area contributed by atoms with Crippen LogP contribution >= 0.6 is 23.2 Å². The average molecular weight is 351 g/mol. The van der Waals surface area contributed by atoms with E-state index in [-0.39, 0.29) is 17.3 Å². The van der Waals surface area contributed by atoms with Gasteiger partial charge in [-0.05, 0) is 29.7 Å². The summed E-state index contributed by atoms with van der Waals surface area (Å²) < 4.78 is 0. The fourth-order valence-corrected chi connectivity index (χ4v) is 3.54. The molecule has 120 valence electrons. The molecular weight excluding hydrogens is 335 g/mol. The molecule has 1 atom stereocenters. The highest BCUT2D eigenvalue weighted by molar-refractivity contribution is 6.37. The molecule has 2 rings (SSSR count). The maximum Gasteiger partial charge on any atom is 0.245 e. The molecule has 0 N–H and O–H groups in total. The van der Waals surface area contributed by atoms with E-state index in [4.69, 9.17) is 23.2 Å². The second-order valence-corrected chi connectivity index (χ2v) is 6.88. The van der Waals surface area contributed by atoms with Crippen molar-refractivity contribution in [3.63, 3.8) is 0 Å². The normalized spacial score (nSPS) is 20.7. The largest absolute Gasteiger partial charge is 0.264 e. The van der Waals surface area contributed by atoms with Gasteiger partial charge in [-0.2, -0.15) is 5.26 Å². The maximum absolute atomic E-state index is 11.6. The molecule has 0 amide bonds. The number of allylic oxidation sites excluding steroid dienone is 2. The molecule has 6 heteroatoms. The van der Waals surface area contributed by atoms with Gasteiger partial charge in [0.2, 0.25) is 5.54 Å². The fraction of sp³-hybridized carbons (Fsp3) is 0.353. The zero-order valence-corrected chi connectivity index (χ0v) is 14.4. The third-order valence-corrected chi connectivity index (χ3v) is 4.49. The lowest BCUT2D eigenvalue weighted by Crippen LogP contribution is -2.39. The molecule has 1 aromatic rings. The number of nitro groups is 1. The van der Waals surface area contributed by atoms with E-state index in [1.54, 1.807) is 30.4 Å². The summed E-state index contributed by atoms with van der Waals surface area (Å²) in [5.74, 6) is 0.135. The van der Waals surface area contributed by atoms with Gasteiger partial charge in [-0.25, -0.2) is 0 Å². The van der Waals surface area contributed by atoms with Crippen LogP contribution in [0.1, 0.15) is 32.3 Å². The second kappa shape index (κ2) is 6.74. The number of nitrogens with zero attached hydrogens (tertiary/aromatic N) is 2. The van der Waals surface area contributed by atoms with Crippen LogP contribution in [0.4, 0.5) is 0 Å². The van der Waals surface area contributed by atoms with Crippen molar-refractivity contribution in [1.82, 2.24) is 0 Å². The second-order valence-electron chi connectivity index (χ2n) is 6.07. The molecule has 0 saturated heterocycles. The first-order valence-electron chi connectivity index (χ1n) is 7.22. The van der Waals surface area contributed by atoms with Gasteiger partial charge in [-0.1, -0.05) is 49.2 Å². The molecule has 23 heavy (non-hydrogen) atoms. The molecule has 0 spiro atoms. The first-order valence-corrected chi connectivity index (χ1v) is 7.97. The Hall–Kier alpha value is -1.83. The molecule has 0 fully saturated rings. The Morgan fingerprint density at radius 1 is 1.39 bits per heavy atom. The summed E-state index contributed by atoms with van der Waals surface area (Å²) in [6.07, 6.45) is 3.59. The highest BCUT2D eigenvalue weighted by Gasteiger charge is 2.44. The first-order chi connectivity index (χ1) is 10.8. The molecule has 1 aromatic carbocycles. The standard InChI is InChI=1S/C17H16Cl2N2O2/c1-11(2)8-17(21(22)23)7-6-13(12(9-17)10-20)16-14(18)4-3-5-15(16)19/h3-7,11H,8-9H2,1-2H3. The average Bonchev–Trinajstić information content (AvgIpc) is 2.47. The number of rotatable bonds is 4. The fourth-order valence-electron chi connectivity index (χ4n) is 2.94. The molecule has 0 bridgehead atoms. The van der Waals surface area contributed by atoms with Crippen LogP contribution in [0.5, 0.6) is 0 Å². The molecule has 0 radical (unpaired) electrons. The van der Waals surface area contributed by atoms with Crippen molar-refractivity contribution in [3.8, 4) is 6.07 Å². The SMILES string of the molecule is CC(C)CC1([N+](=O)[O-])C=CC(c2c(Cl)cccc2Cl)=C(C#N)C1. The van der Waals surface area contributed by atoms with E-state index < -0.39 is 5.54 Å². The number of benzene rings is 1. The summed E-state index contributed by atoms with van der Waals surface area (Å²) in [4.78, 5) is 11.3. The van der Waals surface area contributed by atoms with Crippen LogP contribution in [-0.2, 0) is 0 Å². The van der Waals surface area contributed by atoms with Gasteiger partial charge in [-0.3, -0.25) is 10.1 Å². The van der Waals surface area contributed by atoms with Gasteiger partial charge in [0.05, 0.1) is 12.5 Å². The van der Waals surface area contributed by atoms with E-state index in [2.05, 4.69) is 6.07 Å². The first kappa shape index (κ1) is 17.5. The third kappa shape index (κ3) is 3.41. The molecule has 0 aromatic heterocycles. The van der Waals surface area contributed by atoms with E-state index >= 15 is 0 Å². The van der Waals surface area contributed by atoms with Gasteiger partial charge < -0.3 is 0 Å². The van der Waals surface area contributed by atoms with Gasteiger partial charge >= 0.3 is 0 Å². The summed E-state index contributed by atoms with van der Waals surface area (Å²) in [6, 6.07) is 7.18. The van der Waals surface area contributed by atoms with Crippen LogP contribution in [0.15, 0.2) is 35.9 Å². The Labute approximate surface area is 145 Å². The van der Waals surface area contributed by atoms with Crippen LogP contribution in [0.2, 0.25) is 10.0 Å². The minimum atomic E-state index is -1.25. The molecule has 1 unspecified atom stereocenters. The van der Waals surface area contributed by atoms with Crippen LogP contribution in [-0.4, -0.2) is 10.5 Å². The van der Waals surface area contributed by atoms with Crippen molar-refractivity contribution < 1.29 is 4.92 Å². The predicted octanol–water partition coefficient (Wildman–Crippen LogP) is 5.29. The highest BCUT2D eigenvalue weighted by Crippen LogP contribution is 2.41. The van der Waals surface area contributed by atoms with Crippen molar-refractivity contribution in [2.24, 2.45) is 5.92 Å². The van der Waals surface area contributed by atoms with Gasteiger partial charge in [0.15, 0.2) is 0 Å². The lowest BCUT2D eigenvalue weighted by Gasteiger charge is -2.27. The Morgan fingerprint density at radius 3 is 2.48 bits per heavy atom. The van der Waals surface area contributed by atoms with Crippen molar-refractivity contribution in [2.75, 3.05) is 0 Å². The Balaban J connectivity index is 2.55. The molecule has 4 nitrogen and oxygen atoms in total. The van der Waals surface area contributed by atoms with Gasteiger partial charge in [0, 0.05) is 32.5 Å². The van der Waals surface area contributed by atoms with Crippen LogP contribution in [0, 0.1) is 27.4 Å². The zero-order valence-electron chi connectivity index (χ0n) is 12.8. The van der Waals surface area contributed by atoms with E-state index in [1.165, 1.54) is 0 Å². The number of hydrogen-bond acceptors (Lipinski definition) is 3. The summed E-state index contributed by atoms with van der Waals surface area (Å²) in [5, 5.41) is 22.0. The van der Waals surface area contributed by atoms with Crippen molar-refractivity contribution in [2.45, 2.75) is 32.2 Å². The van der Waals surface area contributed by atoms with Gasteiger partial charge in [0.25, 0.3) is 0 Å². The van der Waals surface area contributed by atoms with E-state index in [9.17, 15) is 15.4 Å². The minimum absolute atomic E-state index is 0.0437. The number of nitriles is 1. The van der Waals surface area contributed by atoms with Crippen LogP contribution < -0.4 is 0 Å². The molecule has 0 aliphatic heterocycles. The zero-order chi connectivity index (χ0) is 17.2. The Bertz CT molecular complexity index is 727. The third-order valence-electron chi connectivity index (χ3n) is 3.86. The van der Waals surface area contributed by atoms with Crippen molar-refractivity contribution >= 4 is 28.8 Å². The van der Waals surface area contributed by atoms with Crippen molar-refractivity contribution in [1.29, 1.82) is 5.26 Å². The summed E-state index contributed by atoms with van der Waals surface area (Å²) in [7, 11) is 0. The number of halogens is 2. The molecular formula is C17H16Cl2N2O2. The van der Waals surface area contributed by atoms with Crippen molar-refractivity contribution in [3.05, 3.63) is 61.6 Å². The highest BCUT2D eigenvalue weighted by atomic mass is 35.5. The quantitative estimate of drug-likeness (QED) is 0.547. The van der Waals surface area contributed by atoms with Gasteiger partial charge in [-0.15, -0.1) is 0 Å². The minimum Gasteiger partial charge on any atom is -0.264 e. The molecule has 1 aliphatic carbocycles.